The van der Waals surface area contributed by atoms with Gasteiger partial charge in [-0.15, -0.1) is 0 Å². The van der Waals surface area contributed by atoms with Gasteiger partial charge >= 0.3 is 0 Å². The van der Waals surface area contributed by atoms with Crippen LogP contribution < -0.4 is 9.47 Å². The molecule has 3 rings (SSSR count). The van der Waals surface area contributed by atoms with Gasteiger partial charge in [0, 0.05) is 16.1 Å². The average Bonchev–Trinajstić information content (AvgIpc) is 2.72. The van der Waals surface area contributed by atoms with Crippen molar-refractivity contribution in [3.63, 3.8) is 0 Å². The summed E-state index contributed by atoms with van der Waals surface area (Å²) in [6, 6.07) is 18.7. The smallest absolute Gasteiger partial charge is 0.180 e. The minimum Gasteiger partial charge on any atom is -0.493 e. The molecule has 0 heterocycles. The van der Waals surface area contributed by atoms with Crippen molar-refractivity contribution in [3.05, 3.63) is 93.2 Å². The maximum absolute atomic E-state index is 14.0. The van der Waals surface area contributed by atoms with Crippen LogP contribution in [0, 0.1) is 17.1 Å². The van der Waals surface area contributed by atoms with Gasteiger partial charge in [-0.05, 0) is 35.9 Å². The van der Waals surface area contributed by atoms with Gasteiger partial charge in [0.2, 0.25) is 0 Å². The molecule has 146 valence electrons. The van der Waals surface area contributed by atoms with E-state index in [1.54, 1.807) is 42.5 Å². The Hall–Kier alpha value is -3.00. The van der Waals surface area contributed by atoms with Crippen molar-refractivity contribution in [2.75, 3.05) is 7.11 Å². The molecule has 0 bridgehead atoms. The number of nitriles is 1. The number of halogens is 3. The highest BCUT2D eigenvalue weighted by Gasteiger charge is 2.14. The molecule has 0 radical (unpaired) electrons. The maximum Gasteiger partial charge on any atom is 0.180 e. The van der Waals surface area contributed by atoms with Crippen molar-refractivity contribution in [1.82, 2.24) is 0 Å². The highest BCUT2D eigenvalue weighted by molar-refractivity contribution is 6.32. The van der Waals surface area contributed by atoms with E-state index < -0.39 is 5.82 Å². The molecule has 0 aliphatic rings. The number of rotatable bonds is 6. The zero-order valence-electron chi connectivity index (χ0n) is 15.5. The van der Waals surface area contributed by atoms with Crippen LogP contribution in [0.5, 0.6) is 11.5 Å². The third-order valence-corrected chi connectivity index (χ3v) is 4.83. The minimum absolute atomic E-state index is 0.172. The summed E-state index contributed by atoms with van der Waals surface area (Å²) in [5.74, 6) is 0.273. The van der Waals surface area contributed by atoms with Crippen LogP contribution in [-0.2, 0) is 6.61 Å². The Balaban J connectivity index is 1.93. The molecule has 0 spiro atoms. The second-order valence-corrected chi connectivity index (χ2v) is 6.88. The first-order valence-corrected chi connectivity index (χ1v) is 9.39. The quantitative estimate of drug-likeness (QED) is 0.321. The van der Waals surface area contributed by atoms with E-state index in [0.29, 0.717) is 27.1 Å². The van der Waals surface area contributed by atoms with Gasteiger partial charge in [0.15, 0.2) is 11.5 Å². The van der Waals surface area contributed by atoms with Gasteiger partial charge in [-0.1, -0.05) is 59.6 Å². The predicted octanol–water partition coefficient (Wildman–Crippen LogP) is 6.78. The molecule has 0 atom stereocenters. The first kappa shape index (κ1) is 20.7. The van der Waals surface area contributed by atoms with Crippen LogP contribution in [-0.4, -0.2) is 7.11 Å². The van der Waals surface area contributed by atoms with Crippen molar-refractivity contribution in [3.8, 4) is 17.6 Å². The van der Waals surface area contributed by atoms with E-state index in [4.69, 9.17) is 32.7 Å². The number of benzene rings is 3. The van der Waals surface area contributed by atoms with Crippen molar-refractivity contribution in [1.29, 1.82) is 5.26 Å². The van der Waals surface area contributed by atoms with Crippen LogP contribution >= 0.6 is 23.2 Å². The Morgan fingerprint density at radius 1 is 1.07 bits per heavy atom. The van der Waals surface area contributed by atoms with Crippen LogP contribution in [0.15, 0.2) is 60.7 Å². The second-order valence-electron chi connectivity index (χ2n) is 6.06. The molecular formula is C23H16Cl2FNO2. The van der Waals surface area contributed by atoms with E-state index in [1.807, 2.05) is 24.3 Å². The lowest BCUT2D eigenvalue weighted by molar-refractivity contribution is 0.285. The largest absolute Gasteiger partial charge is 0.493 e. The number of allylic oxidation sites excluding steroid dienone is 1. The topological polar surface area (TPSA) is 42.2 Å². The molecule has 0 aliphatic carbocycles. The van der Waals surface area contributed by atoms with Gasteiger partial charge < -0.3 is 9.47 Å². The Morgan fingerprint density at radius 2 is 1.79 bits per heavy atom. The number of ether oxygens (including phenoxy) is 2. The molecule has 0 unspecified atom stereocenters. The lowest BCUT2D eigenvalue weighted by Gasteiger charge is -2.14. The third kappa shape index (κ3) is 4.89. The molecule has 3 aromatic rings. The summed E-state index contributed by atoms with van der Waals surface area (Å²) in [5.41, 5.74) is 1.77. The van der Waals surface area contributed by atoms with E-state index in [2.05, 4.69) is 0 Å². The van der Waals surface area contributed by atoms with Gasteiger partial charge in [0.25, 0.3) is 0 Å². The fourth-order valence-corrected chi connectivity index (χ4v) is 3.21. The highest BCUT2D eigenvalue weighted by Crippen LogP contribution is 2.38. The number of hydrogen-bond donors (Lipinski definition) is 0. The van der Waals surface area contributed by atoms with Gasteiger partial charge in [-0.25, -0.2) is 4.39 Å². The Bertz CT molecular complexity index is 1110. The Kier molecular flexibility index (Phi) is 6.77. The molecule has 0 aliphatic heterocycles. The Morgan fingerprint density at radius 3 is 2.48 bits per heavy atom. The van der Waals surface area contributed by atoms with Crippen LogP contribution in [0.4, 0.5) is 4.39 Å². The molecule has 0 fully saturated rings. The third-order valence-electron chi connectivity index (χ3n) is 4.18. The lowest BCUT2D eigenvalue weighted by atomic mass is 10.0. The zero-order valence-corrected chi connectivity index (χ0v) is 17.0. The van der Waals surface area contributed by atoms with Crippen molar-refractivity contribution in [2.45, 2.75) is 6.61 Å². The first-order chi connectivity index (χ1) is 14.0. The molecule has 0 saturated carbocycles. The molecule has 29 heavy (non-hydrogen) atoms. The molecule has 0 N–H and O–H groups in total. The summed E-state index contributed by atoms with van der Waals surface area (Å²) in [6.45, 7) is 0.212. The fraction of sp³-hybridized carbons (Fsp3) is 0.0870. The molecule has 0 aromatic heterocycles. The van der Waals surface area contributed by atoms with Gasteiger partial charge in [0.05, 0.1) is 23.8 Å². The summed E-state index contributed by atoms with van der Waals surface area (Å²) in [5, 5.41) is 10.4. The van der Waals surface area contributed by atoms with Crippen LogP contribution in [0.2, 0.25) is 10.0 Å². The monoisotopic (exact) mass is 427 g/mol. The van der Waals surface area contributed by atoms with E-state index in [1.165, 1.54) is 13.2 Å². The molecule has 0 saturated heterocycles. The molecular weight excluding hydrogens is 412 g/mol. The predicted molar refractivity (Wildman–Crippen MR) is 114 cm³/mol. The number of hydrogen-bond acceptors (Lipinski definition) is 3. The lowest BCUT2D eigenvalue weighted by Crippen LogP contribution is -1.99. The molecule has 3 nitrogen and oxygen atoms in total. The number of nitrogens with zero attached hydrogens (tertiary/aromatic N) is 1. The standard InChI is InChI=1S/C23H16Cl2FNO2/c1-28-22-12-15(10-17(13-27)18-7-3-5-9-21(18)26)11-20(25)23(22)29-14-16-6-2-4-8-19(16)24/h2-12H,14H2,1H3. The summed E-state index contributed by atoms with van der Waals surface area (Å²) in [6.07, 6.45) is 1.55. The van der Waals surface area contributed by atoms with E-state index in [-0.39, 0.29) is 17.7 Å². The Labute approximate surface area is 178 Å². The molecule has 3 aromatic carbocycles. The average molecular weight is 428 g/mol. The normalized spacial score (nSPS) is 11.1. The summed E-state index contributed by atoms with van der Waals surface area (Å²) in [7, 11) is 1.49. The van der Waals surface area contributed by atoms with Crippen molar-refractivity contribution < 1.29 is 13.9 Å². The number of methoxy groups -OCH3 is 1. The summed E-state index contributed by atoms with van der Waals surface area (Å²) < 4.78 is 25.3. The van der Waals surface area contributed by atoms with E-state index >= 15 is 0 Å². The van der Waals surface area contributed by atoms with Gasteiger partial charge in [-0.3, -0.25) is 0 Å². The summed E-state index contributed by atoms with van der Waals surface area (Å²) in [4.78, 5) is 0. The fourth-order valence-electron chi connectivity index (χ4n) is 2.75. The van der Waals surface area contributed by atoms with Crippen molar-refractivity contribution in [2.24, 2.45) is 0 Å². The molecule has 0 amide bonds. The maximum atomic E-state index is 14.0. The minimum atomic E-state index is -0.474. The van der Waals surface area contributed by atoms with Crippen LogP contribution in [0.3, 0.4) is 0 Å². The van der Waals surface area contributed by atoms with E-state index in [0.717, 1.165) is 5.56 Å². The van der Waals surface area contributed by atoms with Crippen molar-refractivity contribution >= 4 is 34.9 Å². The van der Waals surface area contributed by atoms with E-state index in [9.17, 15) is 9.65 Å². The summed E-state index contributed by atoms with van der Waals surface area (Å²) >= 11 is 12.6. The first-order valence-electron chi connectivity index (χ1n) is 8.64. The van der Waals surface area contributed by atoms with Gasteiger partial charge in [-0.2, -0.15) is 5.26 Å². The highest BCUT2D eigenvalue weighted by atomic mass is 35.5. The zero-order chi connectivity index (χ0) is 20.8. The van der Waals surface area contributed by atoms with Crippen LogP contribution in [0.1, 0.15) is 16.7 Å². The second kappa shape index (κ2) is 9.47. The molecule has 6 heteroatoms. The SMILES string of the molecule is COc1cc(C=C(C#N)c2ccccc2F)cc(Cl)c1OCc1ccccc1Cl. The van der Waals surface area contributed by atoms with Gasteiger partial charge in [0.1, 0.15) is 12.4 Å². The van der Waals surface area contributed by atoms with Crippen LogP contribution in [0.25, 0.3) is 11.6 Å².